The molecule has 0 spiro atoms. The van der Waals surface area contributed by atoms with Crippen molar-refractivity contribution < 1.29 is 14.3 Å². The molecule has 4 rings (SSSR count). The Bertz CT molecular complexity index is 1010. The molecular formula is C23H22N2O3S. The van der Waals surface area contributed by atoms with Crippen LogP contribution >= 0.6 is 11.8 Å². The van der Waals surface area contributed by atoms with Gasteiger partial charge in [0.15, 0.2) is 11.5 Å². The SMILES string of the molecule is CSCCC(=O)Nc1ccc(-c2cccc(-c3ccc4c(c3)OCCO4)n2)cc1. The van der Waals surface area contributed by atoms with E-state index in [1.807, 2.05) is 66.9 Å². The van der Waals surface area contributed by atoms with Crippen LogP contribution < -0.4 is 14.8 Å². The van der Waals surface area contributed by atoms with E-state index < -0.39 is 0 Å². The van der Waals surface area contributed by atoms with E-state index in [9.17, 15) is 4.79 Å². The first-order valence-electron chi connectivity index (χ1n) is 9.49. The van der Waals surface area contributed by atoms with E-state index >= 15 is 0 Å². The molecule has 0 radical (unpaired) electrons. The van der Waals surface area contributed by atoms with E-state index in [0.717, 1.165) is 45.5 Å². The van der Waals surface area contributed by atoms with Gasteiger partial charge in [0.25, 0.3) is 0 Å². The summed E-state index contributed by atoms with van der Waals surface area (Å²) in [5.41, 5.74) is 4.51. The lowest BCUT2D eigenvalue weighted by Gasteiger charge is -2.18. The Balaban J connectivity index is 1.52. The predicted molar refractivity (Wildman–Crippen MR) is 118 cm³/mol. The molecule has 0 atom stereocenters. The second-order valence-electron chi connectivity index (χ2n) is 6.63. The molecular weight excluding hydrogens is 384 g/mol. The summed E-state index contributed by atoms with van der Waals surface area (Å²) in [6, 6.07) is 19.6. The second kappa shape index (κ2) is 9.01. The summed E-state index contributed by atoms with van der Waals surface area (Å²) in [4.78, 5) is 16.7. The first-order valence-corrected chi connectivity index (χ1v) is 10.9. The van der Waals surface area contributed by atoms with Crippen molar-refractivity contribution in [3.05, 3.63) is 60.7 Å². The number of anilines is 1. The maximum Gasteiger partial charge on any atom is 0.225 e. The fraction of sp³-hybridized carbons (Fsp3) is 0.217. The molecule has 0 aliphatic carbocycles. The van der Waals surface area contributed by atoms with Gasteiger partial charge in [0, 0.05) is 29.0 Å². The third-order valence-corrected chi connectivity index (χ3v) is 5.20. The zero-order valence-corrected chi connectivity index (χ0v) is 17.0. The van der Waals surface area contributed by atoms with E-state index in [0.29, 0.717) is 19.6 Å². The minimum Gasteiger partial charge on any atom is -0.486 e. The Labute approximate surface area is 174 Å². The third-order valence-electron chi connectivity index (χ3n) is 4.58. The summed E-state index contributed by atoms with van der Waals surface area (Å²) >= 11 is 1.66. The van der Waals surface area contributed by atoms with Gasteiger partial charge in [0.2, 0.25) is 5.91 Å². The smallest absolute Gasteiger partial charge is 0.225 e. The number of hydrogen-bond acceptors (Lipinski definition) is 5. The number of amides is 1. The molecule has 1 N–H and O–H groups in total. The van der Waals surface area contributed by atoms with Crippen LogP contribution in [0.4, 0.5) is 5.69 Å². The number of pyridine rings is 1. The molecule has 148 valence electrons. The normalized spacial score (nSPS) is 12.4. The average molecular weight is 407 g/mol. The van der Waals surface area contributed by atoms with Gasteiger partial charge in [-0.2, -0.15) is 11.8 Å². The monoisotopic (exact) mass is 406 g/mol. The van der Waals surface area contributed by atoms with Crippen LogP contribution in [0.25, 0.3) is 22.5 Å². The number of benzene rings is 2. The summed E-state index contributed by atoms with van der Waals surface area (Å²) in [7, 11) is 0. The maximum absolute atomic E-state index is 11.9. The number of carbonyl (C=O) groups excluding carboxylic acids is 1. The zero-order chi connectivity index (χ0) is 20.1. The average Bonchev–Trinajstić information content (AvgIpc) is 2.78. The number of rotatable bonds is 6. The Morgan fingerprint density at radius 2 is 1.66 bits per heavy atom. The molecule has 2 heterocycles. The van der Waals surface area contributed by atoms with Crippen molar-refractivity contribution in [1.82, 2.24) is 4.98 Å². The molecule has 2 aromatic carbocycles. The van der Waals surface area contributed by atoms with Crippen LogP contribution in [-0.2, 0) is 4.79 Å². The van der Waals surface area contributed by atoms with Crippen LogP contribution in [-0.4, -0.2) is 36.1 Å². The standard InChI is InChI=1S/C23H22N2O3S/c1-29-14-11-23(26)24-18-8-5-16(6-9-18)19-3-2-4-20(25-19)17-7-10-21-22(15-17)28-13-12-27-21/h2-10,15H,11-14H2,1H3,(H,24,26). The van der Waals surface area contributed by atoms with Gasteiger partial charge in [-0.1, -0.05) is 18.2 Å². The molecule has 1 aliphatic rings. The minimum atomic E-state index is 0.0332. The summed E-state index contributed by atoms with van der Waals surface area (Å²) in [6.45, 7) is 1.14. The molecule has 6 heteroatoms. The van der Waals surface area contributed by atoms with Crippen molar-refractivity contribution in [2.75, 3.05) is 30.5 Å². The van der Waals surface area contributed by atoms with Crippen molar-refractivity contribution in [3.8, 4) is 34.0 Å². The molecule has 5 nitrogen and oxygen atoms in total. The quantitative estimate of drug-likeness (QED) is 0.632. The molecule has 1 amide bonds. The molecule has 0 bridgehead atoms. The van der Waals surface area contributed by atoms with Crippen LogP contribution in [0, 0.1) is 0 Å². The third kappa shape index (κ3) is 4.71. The number of thioether (sulfide) groups is 1. The molecule has 3 aromatic rings. The largest absolute Gasteiger partial charge is 0.486 e. The lowest BCUT2D eigenvalue weighted by atomic mass is 10.1. The minimum absolute atomic E-state index is 0.0332. The number of fused-ring (bicyclic) bond motifs is 1. The van der Waals surface area contributed by atoms with Crippen molar-refractivity contribution in [3.63, 3.8) is 0 Å². The molecule has 0 saturated carbocycles. The maximum atomic E-state index is 11.9. The van der Waals surface area contributed by atoms with Crippen LogP contribution in [0.2, 0.25) is 0 Å². The fourth-order valence-corrected chi connectivity index (χ4v) is 3.49. The Morgan fingerprint density at radius 3 is 2.41 bits per heavy atom. The van der Waals surface area contributed by atoms with Gasteiger partial charge in [-0.3, -0.25) is 4.79 Å². The van der Waals surface area contributed by atoms with Crippen LogP contribution in [0.5, 0.6) is 11.5 Å². The number of hydrogen-bond donors (Lipinski definition) is 1. The Hall–Kier alpha value is -2.99. The van der Waals surface area contributed by atoms with Gasteiger partial charge >= 0.3 is 0 Å². The van der Waals surface area contributed by atoms with Gasteiger partial charge in [-0.15, -0.1) is 0 Å². The zero-order valence-electron chi connectivity index (χ0n) is 16.2. The first kappa shape index (κ1) is 19.3. The van der Waals surface area contributed by atoms with Gasteiger partial charge in [-0.05, 0) is 48.7 Å². The van der Waals surface area contributed by atoms with E-state index in [2.05, 4.69) is 5.32 Å². The lowest BCUT2D eigenvalue weighted by molar-refractivity contribution is -0.115. The molecule has 0 unspecified atom stereocenters. The van der Waals surface area contributed by atoms with Crippen molar-refractivity contribution in [2.45, 2.75) is 6.42 Å². The van der Waals surface area contributed by atoms with E-state index in [4.69, 9.17) is 14.5 Å². The van der Waals surface area contributed by atoms with Crippen molar-refractivity contribution >= 4 is 23.4 Å². The highest BCUT2D eigenvalue weighted by Crippen LogP contribution is 2.34. The molecule has 0 saturated heterocycles. The molecule has 29 heavy (non-hydrogen) atoms. The predicted octanol–water partition coefficient (Wildman–Crippen LogP) is 4.88. The molecule has 1 aliphatic heterocycles. The number of ether oxygens (including phenoxy) is 2. The highest BCUT2D eigenvalue weighted by Gasteiger charge is 2.13. The van der Waals surface area contributed by atoms with Crippen molar-refractivity contribution in [1.29, 1.82) is 0 Å². The summed E-state index contributed by atoms with van der Waals surface area (Å²) < 4.78 is 11.3. The number of nitrogens with one attached hydrogen (secondary N) is 1. The number of carbonyl (C=O) groups is 1. The van der Waals surface area contributed by atoms with Crippen LogP contribution in [0.1, 0.15) is 6.42 Å². The van der Waals surface area contributed by atoms with E-state index in [1.54, 1.807) is 11.8 Å². The van der Waals surface area contributed by atoms with Gasteiger partial charge < -0.3 is 14.8 Å². The Kier molecular flexibility index (Phi) is 6.00. The highest BCUT2D eigenvalue weighted by atomic mass is 32.2. The number of nitrogens with zero attached hydrogens (tertiary/aromatic N) is 1. The molecule has 0 fully saturated rings. The van der Waals surface area contributed by atoms with Gasteiger partial charge in [0.1, 0.15) is 13.2 Å². The van der Waals surface area contributed by atoms with Crippen LogP contribution in [0.3, 0.4) is 0 Å². The van der Waals surface area contributed by atoms with Crippen molar-refractivity contribution in [2.24, 2.45) is 0 Å². The topological polar surface area (TPSA) is 60.5 Å². The summed E-state index contributed by atoms with van der Waals surface area (Å²) in [6.07, 6.45) is 2.51. The highest BCUT2D eigenvalue weighted by molar-refractivity contribution is 7.98. The Morgan fingerprint density at radius 1 is 0.966 bits per heavy atom. The van der Waals surface area contributed by atoms with E-state index in [-0.39, 0.29) is 5.91 Å². The molecule has 1 aromatic heterocycles. The van der Waals surface area contributed by atoms with Gasteiger partial charge in [-0.25, -0.2) is 4.98 Å². The van der Waals surface area contributed by atoms with E-state index in [1.165, 1.54) is 0 Å². The number of aromatic nitrogens is 1. The second-order valence-corrected chi connectivity index (χ2v) is 7.62. The summed E-state index contributed by atoms with van der Waals surface area (Å²) in [5.74, 6) is 2.38. The fourth-order valence-electron chi connectivity index (χ4n) is 3.10. The summed E-state index contributed by atoms with van der Waals surface area (Å²) in [5, 5.41) is 2.92. The lowest BCUT2D eigenvalue weighted by Crippen LogP contribution is -2.15. The van der Waals surface area contributed by atoms with Crippen LogP contribution in [0.15, 0.2) is 60.7 Å². The van der Waals surface area contributed by atoms with Gasteiger partial charge in [0.05, 0.1) is 11.4 Å². The first-order chi connectivity index (χ1) is 14.2.